The molecule has 3 aromatic rings. The van der Waals surface area contributed by atoms with Gasteiger partial charge in [0.2, 0.25) is 0 Å². The normalized spacial score (nSPS) is 17.8. The minimum atomic E-state index is -0.516. The average molecular weight is 343 g/mol. The van der Waals surface area contributed by atoms with Crippen LogP contribution >= 0.6 is 0 Å². The second-order valence-electron chi connectivity index (χ2n) is 6.45. The number of hydrogen-bond acceptors (Lipinski definition) is 7. The maximum atomic E-state index is 10.5. The Bertz CT molecular complexity index is 802. The summed E-state index contributed by atoms with van der Waals surface area (Å²) in [4.78, 5) is 10.9. The van der Waals surface area contributed by atoms with Crippen LogP contribution in [0.3, 0.4) is 0 Å². The fourth-order valence-corrected chi connectivity index (χ4v) is 3.32. The topological polar surface area (TPSA) is 93.3 Å². The van der Waals surface area contributed by atoms with Crippen molar-refractivity contribution in [3.8, 4) is 11.7 Å². The number of rotatable bonds is 5. The number of aromatic nitrogens is 4. The van der Waals surface area contributed by atoms with Crippen molar-refractivity contribution in [3.05, 3.63) is 42.4 Å². The van der Waals surface area contributed by atoms with E-state index in [0.29, 0.717) is 24.0 Å². The van der Waals surface area contributed by atoms with Crippen LogP contribution in [0.4, 0.5) is 0 Å². The van der Waals surface area contributed by atoms with Gasteiger partial charge in [-0.05, 0) is 44.0 Å². The molecule has 1 fully saturated rings. The fourth-order valence-electron chi connectivity index (χ4n) is 3.32. The van der Waals surface area contributed by atoms with Crippen LogP contribution in [-0.2, 0) is 13.6 Å². The third-order valence-corrected chi connectivity index (χ3v) is 4.77. The Hall–Kier alpha value is -2.45. The average Bonchev–Trinajstić information content (AvgIpc) is 3.36. The zero-order valence-electron chi connectivity index (χ0n) is 14.1. The van der Waals surface area contributed by atoms with Gasteiger partial charge in [0.05, 0.1) is 12.8 Å². The predicted octanol–water partition coefficient (Wildman–Crippen LogP) is 2.01. The quantitative estimate of drug-likeness (QED) is 0.757. The van der Waals surface area contributed by atoms with Crippen LogP contribution in [0, 0.1) is 5.92 Å². The van der Waals surface area contributed by atoms with Crippen molar-refractivity contribution >= 4 is 0 Å². The Balaban J connectivity index is 1.33. The molecule has 3 aromatic heterocycles. The highest BCUT2D eigenvalue weighted by molar-refractivity contribution is 5.42. The maximum Gasteiger partial charge on any atom is 0.293 e. The number of aliphatic hydroxyl groups is 1. The van der Waals surface area contributed by atoms with E-state index in [4.69, 9.17) is 8.94 Å². The van der Waals surface area contributed by atoms with E-state index in [1.807, 2.05) is 17.8 Å². The van der Waals surface area contributed by atoms with Crippen LogP contribution in [0.2, 0.25) is 0 Å². The summed E-state index contributed by atoms with van der Waals surface area (Å²) in [6, 6.07) is 3.58. The zero-order valence-corrected chi connectivity index (χ0v) is 14.1. The molecule has 1 saturated heterocycles. The first-order valence-electron chi connectivity index (χ1n) is 8.45. The first kappa shape index (κ1) is 16.0. The third kappa shape index (κ3) is 3.35. The van der Waals surface area contributed by atoms with Gasteiger partial charge >= 0.3 is 0 Å². The standard InChI is InChI=1S/C17H21N5O3/c1-21-9-6-18-16(21)15(23)12-4-7-22(8-5-12)11-14-19-17(25-20-14)13-3-2-10-24-13/h2-3,6,9-10,12,15,23H,4-5,7-8,11H2,1H3/t15-/m0/s1. The summed E-state index contributed by atoms with van der Waals surface area (Å²) in [5, 5.41) is 14.6. The minimum Gasteiger partial charge on any atom is -0.459 e. The third-order valence-electron chi connectivity index (χ3n) is 4.77. The van der Waals surface area contributed by atoms with Crippen LogP contribution < -0.4 is 0 Å². The predicted molar refractivity (Wildman–Crippen MR) is 88.2 cm³/mol. The van der Waals surface area contributed by atoms with Crippen molar-refractivity contribution in [2.24, 2.45) is 13.0 Å². The molecule has 132 valence electrons. The summed E-state index contributed by atoms with van der Waals surface area (Å²) in [6.07, 6.45) is 6.48. The van der Waals surface area contributed by atoms with Crippen LogP contribution in [0.5, 0.6) is 0 Å². The maximum absolute atomic E-state index is 10.5. The first-order chi connectivity index (χ1) is 12.2. The molecule has 1 N–H and O–H groups in total. The second kappa shape index (κ2) is 6.81. The van der Waals surface area contributed by atoms with E-state index < -0.39 is 6.10 Å². The summed E-state index contributed by atoms with van der Waals surface area (Å²) >= 11 is 0. The van der Waals surface area contributed by atoms with Gasteiger partial charge in [-0.15, -0.1) is 0 Å². The number of aliphatic hydroxyl groups excluding tert-OH is 1. The van der Waals surface area contributed by atoms with Crippen LogP contribution in [0.15, 0.2) is 39.7 Å². The van der Waals surface area contributed by atoms with E-state index in [9.17, 15) is 5.11 Å². The van der Waals surface area contributed by atoms with Gasteiger partial charge in [-0.25, -0.2) is 4.98 Å². The molecule has 4 rings (SSSR count). The van der Waals surface area contributed by atoms with Gasteiger partial charge in [0.15, 0.2) is 11.6 Å². The van der Waals surface area contributed by atoms with Crippen molar-refractivity contribution in [2.75, 3.05) is 13.1 Å². The van der Waals surface area contributed by atoms with Crippen molar-refractivity contribution in [1.82, 2.24) is 24.6 Å². The lowest BCUT2D eigenvalue weighted by Gasteiger charge is -2.33. The van der Waals surface area contributed by atoms with E-state index in [2.05, 4.69) is 20.0 Å². The largest absolute Gasteiger partial charge is 0.459 e. The van der Waals surface area contributed by atoms with Crippen LogP contribution in [0.1, 0.15) is 30.6 Å². The van der Waals surface area contributed by atoms with Crippen LogP contribution in [0.25, 0.3) is 11.7 Å². The fraction of sp³-hybridized carbons (Fsp3) is 0.471. The molecule has 1 atom stereocenters. The summed E-state index contributed by atoms with van der Waals surface area (Å²) in [5.74, 6) is 2.59. The van der Waals surface area contributed by atoms with Gasteiger partial charge in [0, 0.05) is 19.4 Å². The molecule has 4 heterocycles. The molecule has 0 aliphatic carbocycles. The van der Waals surface area contributed by atoms with Gasteiger partial charge in [-0.2, -0.15) is 4.98 Å². The van der Waals surface area contributed by atoms with Gasteiger partial charge in [0.25, 0.3) is 5.89 Å². The SMILES string of the molecule is Cn1ccnc1[C@@H](O)C1CCN(Cc2noc(-c3ccco3)n2)CC1. The first-order valence-corrected chi connectivity index (χ1v) is 8.45. The molecule has 1 aliphatic heterocycles. The molecule has 0 unspecified atom stereocenters. The molecule has 0 spiro atoms. The number of piperidine rings is 1. The van der Waals surface area contributed by atoms with E-state index in [-0.39, 0.29) is 5.92 Å². The molecule has 0 bridgehead atoms. The van der Waals surface area contributed by atoms with Gasteiger partial charge in [-0.3, -0.25) is 4.90 Å². The number of hydrogen-bond donors (Lipinski definition) is 1. The number of nitrogens with zero attached hydrogens (tertiary/aromatic N) is 5. The molecule has 0 aromatic carbocycles. The molecule has 0 saturated carbocycles. The Morgan fingerprint density at radius 1 is 1.36 bits per heavy atom. The molecule has 25 heavy (non-hydrogen) atoms. The Morgan fingerprint density at radius 2 is 2.20 bits per heavy atom. The smallest absolute Gasteiger partial charge is 0.293 e. The second-order valence-corrected chi connectivity index (χ2v) is 6.45. The van der Waals surface area contributed by atoms with Crippen LogP contribution in [-0.4, -0.2) is 42.8 Å². The van der Waals surface area contributed by atoms with Crippen molar-refractivity contribution in [1.29, 1.82) is 0 Å². The van der Waals surface area contributed by atoms with E-state index >= 15 is 0 Å². The molecule has 1 aliphatic rings. The zero-order chi connectivity index (χ0) is 17.2. The minimum absolute atomic E-state index is 0.223. The lowest BCUT2D eigenvalue weighted by molar-refractivity contribution is 0.0484. The lowest BCUT2D eigenvalue weighted by atomic mass is 9.90. The number of furan rings is 1. The lowest BCUT2D eigenvalue weighted by Crippen LogP contribution is -2.35. The Labute approximate surface area is 145 Å². The molecule has 8 nitrogen and oxygen atoms in total. The highest BCUT2D eigenvalue weighted by Gasteiger charge is 2.29. The summed E-state index contributed by atoms with van der Waals surface area (Å²) in [7, 11) is 1.91. The summed E-state index contributed by atoms with van der Waals surface area (Å²) in [6.45, 7) is 2.41. The number of imidazole rings is 1. The summed E-state index contributed by atoms with van der Waals surface area (Å²) in [5.41, 5.74) is 0. The molecule has 8 heteroatoms. The van der Waals surface area contributed by atoms with E-state index in [1.54, 1.807) is 24.6 Å². The molecule has 0 radical (unpaired) electrons. The highest BCUT2D eigenvalue weighted by Crippen LogP contribution is 2.30. The van der Waals surface area contributed by atoms with Crippen molar-refractivity contribution in [2.45, 2.75) is 25.5 Å². The monoisotopic (exact) mass is 343 g/mol. The van der Waals surface area contributed by atoms with Crippen molar-refractivity contribution < 1.29 is 14.0 Å². The summed E-state index contributed by atoms with van der Waals surface area (Å²) < 4.78 is 12.4. The molecule has 0 amide bonds. The van der Waals surface area contributed by atoms with E-state index in [1.165, 1.54) is 0 Å². The van der Waals surface area contributed by atoms with Crippen molar-refractivity contribution in [3.63, 3.8) is 0 Å². The van der Waals surface area contributed by atoms with Gasteiger partial charge < -0.3 is 18.6 Å². The number of likely N-dealkylation sites (tertiary alicyclic amines) is 1. The Morgan fingerprint density at radius 3 is 2.88 bits per heavy atom. The van der Waals surface area contributed by atoms with Gasteiger partial charge in [-0.1, -0.05) is 5.16 Å². The highest BCUT2D eigenvalue weighted by atomic mass is 16.5. The molecular weight excluding hydrogens is 322 g/mol. The molecular formula is C17H21N5O3. The van der Waals surface area contributed by atoms with E-state index in [0.717, 1.165) is 31.8 Å². The van der Waals surface area contributed by atoms with Gasteiger partial charge in [0.1, 0.15) is 11.9 Å². The Kier molecular flexibility index (Phi) is 4.37. The number of aryl methyl sites for hydroxylation is 1.